The molecular formula is C12H7BrN2O2S. The Balaban J connectivity index is 2.25. The summed E-state index contributed by atoms with van der Waals surface area (Å²) in [6, 6.07) is 7.74. The van der Waals surface area contributed by atoms with Gasteiger partial charge in [0.2, 0.25) is 0 Å². The Morgan fingerprint density at radius 2 is 2.06 bits per heavy atom. The molecule has 0 saturated carbocycles. The average molecular weight is 323 g/mol. The Bertz CT molecular complexity index is 730. The molecule has 0 unspecified atom stereocenters. The van der Waals surface area contributed by atoms with Gasteiger partial charge in [0.05, 0.1) is 11.9 Å². The monoisotopic (exact) mass is 322 g/mol. The molecule has 0 fully saturated rings. The van der Waals surface area contributed by atoms with Crippen molar-refractivity contribution in [1.82, 2.24) is 9.38 Å². The molecule has 0 spiro atoms. The molecular weight excluding hydrogens is 316 g/mol. The first-order chi connectivity index (χ1) is 8.66. The number of nitrogens with zero attached hydrogens (tertiary/aromatic N) is 2. The summed E-state index contributed by atoms with van der Waals surface area (Å²) in [4.78, 5) is 15.9. The fourth-order valence-electron chi connectivity index (χ4n) is 1.78. The molecule has 0 saturated heterocycles. The maximum absolute atomic E-state index is 11.1. The number of thiazole rings is 1. The van der Waals surface area contributed by atoms with Crippen LogP contribution in [0.3, 0.4) is 0 Å². The van der Waals surface area contributed by atoms with Gasteiger partial charge in [-0.3, -0.25) is 4.40 Å². The van der Waals surface area contributed by atoms with E-state index in [2.05, 4.69) is 20.9 Å². The number of rotatable bonds is 2. The Labute approximate surface area is 115 Å². The van der Waals surface area contributed by atoms with Crippen molar-refractivity contribution >= 4 is 38.2 Å². The van der Waals surface area contributed by atoms with Crippen LogP contribution in [0, 0.1) is 0 Å². The first-order valence-electron chi connectivity index (χ1n) is 5.11. The minimum Gasteiger partial charge on any atom is -0.477 e. The van der Waals surface area contributed by atoms with Crippen LogP contribution < -0.4 is 0 Å². The van der Waals surface area contributed by atoms with Gasteiger partial charge in [0.1, 0.15) is 0 Å². The number of fused-ring (bicyclic) bond motifs is 1. The summed E-state index contributed by atoms with van der Waals surface area (Å²) in [6.07, 6.45) is 1.39. The number of imidazole rings is 1. The molecule has 1 N–H and O–H groups in total. The molecule has 0 radical (unpaired) electrons. The number of halogens is 1. The standard InChI is InChI=1S/C12H7BrN2O2S/c13-8-3-1-7(2-4-8)10-6-18-12-14-5-9(11(16)17)15(10)12/h1-6H,(H,16,17). The Morgan fingerprint density at radius 1 is 1.33 bits per heavy atom. The number of aromatic nitrogens is 2. The van der Waals surface area contributed by atoms with E-state index in [1.54, 1.807) is 4.40 Å². The lowest BCUT2D eigenvalue weighted by molar-refractivity contribution is 0.0689. The predicted octanol–water partition coefficient (Wildman–Crippen LogP) is 3.52. The van der Waals surface area contributed by atoms with Gasteiger partial charge in [-0.2, -0.15) is 0 Å². The van der Waals surface area contributed by atoms with E-state index in [4.69, 9.17) is 5.11 Å². The highest BCUT2D eigenvalue weighted by molar-refractivity contribution is 9.10. The Morgan fingerprint density at radius 3 is 2.72 bits per heavy atom. The molecule has 3 aromatic rings. The zero-order valence-electron chi connectivity index (χ0n) is 9.00. The second-order valence-electron chi connectivity index (χ2n) is 3.69. The SMILES string of the molecule is O=C(O)c1cnc2scc(-c3ccc(Br)cc3)n12. The van der Waals surface area contributed by atoms with E-state index in [9.17, 15) is 4.79 Å². The van der Waals surface area contributed by atoms with Crippen LogP contribution in [-0.2, 0) is 0 Å². The van der Waals surface area contributed by atoms with Gasteiger partial charge < -0.3 is 5.11 Å². The highest BCUT2D eigenvalue weighted by Gasteiger charge is 2.16. The largest absolute Gasteiger partial charge is 0.477 e. The lowest BCUT2D eigenvalue weighted by Crippen LogP contribution is -2.01. The number of hydrogen-bond acceptors (Lipinski definition) is 3. The molecule has 0 aliphatic carbocycles. The third-order valence-corrected chi connectivity index (χ3v) is 3.97. The van der Waals surface area contributed by atoms with Crippen LogP contribution in [0.5, 0.6) is 0 Å². The summed E-state index contributed by atoms with van der Waals surface area (Å²) in [5.41, 5.74) is 1.99. The predicted molar refractivity (Wildman–Crippen MR) is 73.2 cm³/mol. The van der Waals surface area contributed by atoms with Crippen LogP contribution in [-0.4, -0.2) is 20.5 Å². The molecule has 2 heterocycles. The second-order valence-corrected chi connectivity index (χ2v) is 5.45. The zero-order valence-corrected chi connectivity index (χ0v) is 11.4. The lowest BCUT2D eigenvalue weighted by atomic mass is 10.2. The van der Waals surface area contributed by atoms with Crippen molar-refractivity contribution < 1.29 is 9.90 Å². The minimum atomic E-state index is -0.973. The molecule has 18 heavy (non-hydrogen) atoms. The molecule has 0 amide bonds. The van der Waals surface area contributed by atoms with Crippen molar-refractivity contribution in [2.45, 2.75) is 0 Å². The summed E-state index contributed by atoms with van der Waals surface area (Å²) in [5.74, 6) is -0.973. The van der Waals surface area contributed by atoms with Gasteiger partial charge >= 0.3 is 5.97 Å². The van der Waals surface area contributed by atoms with Crippen molar-refractivity contribution in [3.63, 3.8) is 0 Å². The topological polar surface area (TPSA) is 54.6 Å². The second kappa shape index (κ2) is 4.22. The van der Waals surface area contributed by atoms with Gasteiger partial charge in [0.25, 0.3) is 0 Å². The van der Waals surface area contributed by atoms with Crippen molar-refractivity contribution in [3.05, 3.63) is 46.0 Å². The zero-order chi connectivity index (χ0) is 12.7. The Hall–Kier alpha value is -1.66. The lowest BCUT2D eigenvalue weighted by Gasteiger charge is -2.01. The number of hydrogen-bond donors (Lipinski definition) is 1. The van der Waals surface area contributed by atoms with Gasteiger partial charge in [-0.15, -0.1) is 11.3 Å². The molecule has 1 aromatic carbocycles. The number of aromatic carboxylic acids is 1. The molecule has 0 aliphatic rings. The van der Waals surface area contributed by atoms with Crippen molar-refractivity contribution in [1.29, 1.82) is 0 Å². The maximum Gasteiger partial charge on any atom is 0.354 e. The first-order valence-corrected chi connectivity index (χ1v) is 6.78. The molecule has 0 atom stereocenters. The van der Waals surface area contributed by atoms with Gasteiger partial charge in [-0.05, 0) is 17.7 Å². The summed E-state index contributed by atoms with van der Waals surface area (Å²) in [6.45, 7) is 0. The summed E-state index contributed by atoms with van der Waals surface area (Å²) < 4.78 is 2.65. The minimum absolute atomic E-state index is 0.184. The van der Waals surface area contributed by atoms with Crippen LogP contribution in [0.25, 0.3) is 16.2 Å². The van der Waals surface area contributed by atoms with E-state index in [-0.39, 0.29) is 5.69 Å². The van der Waals surface area contributed by atoms with E-state index >= 15 is 0 Å². The quantitative estimate of drug-likeness (QED) is 0.785. The van der Waals surface area contributed by atoms with Gasteiger partial charge in [-0.25, -0.2) is 9.78 Å². The number of carbonyl (C=O) groups is 1. The van der Waals surface area contributed by atoms with E-state index in [1.807, 2.05) is 29.6 Å². The maximum atomic E-state index is 11.1. The fourth-order valence-corrected chi connectivity index (χ4v) is 2.92. The van der Waals surface area contributed by atoms with Crippen LogP contribution in [0.4, 0.5) is 0 Å². The van der Waals surface area contributed by atoms with Crippen molar-refractivity contribution in [2.24, 2.45) is 0 Å². The van der Waals surface area contributed by atoms with Crippen LogP contribution in [0.2, 0.25) is 0 Å². The first kappa shape index (κ1) is 11.4. The number of benzene rings is 1. The third-order valence-electron chi connectivity index (χ3n) is 2.61. The van der Waals surface area contributed by atoms with Crippen LogP contribution in [0.15, 0.2) is 40.3 Å². The van der Waals surface area contributed by atoms with Crippen LogP contribution >= 0.6 is 27.3 Å². The van der Waals surface area contributed by atoms with Crippen LogP contribution in [0.1, 0.15) is 10.5 Å². The average Bonchev–Trinajstić information content (AvgIpc) is 2.90. The van der Waals surface area contributed by atoms with Crippen molar-refractivity contribution in [3.8, 4) is 11.3 Å². The van der Waals surface area contributed by atoms with E-state index in [0.29, 0.717) is 4.96 Å². The van der Waals surface area contributed by atoms with E-state index < -0.39 is 5.97 Å². The fraction of sp³-hybridized carbons (Fsp3) is 0. The van der Waals surface area contributed by atoms with Gasteiger partial charge in [0, 0.05) is 9.85 Å². The number of carboxylic acid groups (broad SMARTS) is 1. The highest BCUT2D eigenvalue weighted by atomic mass is 79.9. The van der Waals surface area contributed by atoms with Gasteiger partial charge in [0.15, 0.2) is 10.7 Å². The number of carboxylic acids is 1. The molecule has 3 rings (SSSR count). The summed E-state index contributed by atoms with van der Waals surface area (Å²) >= 11 is 4.81. The van der Waals surface area contributed by atoms with Crippen molar-refractivity contribution in [2.75, 3.05) is 0 Å². The Kier molecular flexibility index (Phi) is 2.68. The normalized spacial score (nSPS) is 10.9. The molecule has 6 heteroatoms. The summed E-state index contributed by atoms with van der Waals surface area (Å²) in [5, 5.41) is 11.1. The molecule has 0 aliphatic heterocycles. The third kappa shape index (κ3) is 1.74. The van der Waals surface area contributed by atoms with E-state index in [0.717, 1.165) is 15.7 Å². The van der Waals surface area contributed by atoms with Gasteiger partial charge in [-0.1, -0.05) is 28.1 Å². The summed E-state index contributed by atoms with van der Waals surface area (Å²) in [7, 11) is 0. The smallest absolute Gasteiger partial charge is 0.354 e. The molecule has 0 bridgehead atoms. The molecule has 90 valence electrons. The highest BCUT2D eigenvalue weighted by Crippen LogP contribution is 2.28. The molecule has 4 nitrogen and oxygen atoms in total. The van der Waals surface area contributed by atoms with E-state index in [1.165, 1.54) is 17.5 Å². The molecule has 2 aromatic heterocycles.